The molecular weight excluding hydrogens is 236 g/mol. The molecule has 0 spiro atoms. The van der Waals surface area contributed by atoms with Gasteiger partial charge >= 0.3 is 0 Å². The Balaban J connectivity index is 2.29. The van der Waals surface area contributed by atoms with Gasteiger partial charge in [-0.2, -0.15) is 0 Å². The summed E-state index contributed by atoms with van der Waals surface area (Å²) in [6, 6.07) is 0. The molecule has 2 rings (SSSR count). The van der Waals surface area contributed by atoms with Crippen LogP contribution in [0, 0.1) is 10.8 Å². The molecule has 0 heterocycles. The molecule has 0 aliphatic heterocycles. The molecule has 0 aromatic rings. The van der Waals surface area contributed by atoms with Crippen molar-refractivity contribution in [1.29, 1.82) is 0 Å². The van der Waals surface area contributed by atoms with E-state index in [9.17, 15) is 10.2 Å². The zero-order chi connectivity index (χ0) is 14.3. The summed E-state index contributed by atoms with van der Waals surface area (Å²) in [7, 11) is 0. The van der Waals surface area contributed by atoms with E-state index >= 15 is 0 Å². The Labute approximate surface area is 115 Å². The predicted octanol–water partition coefficient (Wildman–Crippen LogP) is 3.14. The minimum absolute atomic E-state index is 0.337. The Kier molecular flexibility index (Phi) is 3.59. The van der Waals surface area contributed by atoms with E-state index in [4.69, 9.17) is 0 Å². The molecule has 104 valence electrons. The Morgan fingerprint density at radius 3 is 1.63 bits per heavy atom. The third-order valence-electron chi connectivity index (χ3n) is 4.31. The van der Waals surface area contributed by atoms with Crippen LogP contribution in [-0.4, -0.2) is 22.4 Å². The number of aliphatic hydroxyl groups is 2. The van der Waals surface area contributed by atoms with Crippen LogP contribution in [0.1, 0.15) is 34.1 Å². The van der Waals surface area contributed by atoms with Crippen molar-refractivity contribution in [2.24, 2.45) is 10.8 Å². The molecule has 0 aromatic carbocycles. The molecule has 2 aliphatic rings. The fourth-order valence-electron chi connectivity index (χ4n) is 3.36. The number of hydrogen-bond donors (Lipinski definition) is 2. The second kappa shape index (κ2) is 4.77. The molecule has 4 atom stereocenters. The fraction of sp³-hybridized carbons (Fsp3) is 0.529. The molecule has 2 nitrogen and oxygen atoms in total. The van der Waals surface area contributed by atoms with Gasteiger partial charge in [0, 0.05) is 10.8 Å². The largest absolute Gasteiger partial charge is 0.388 e. The lowest BCUT2D eigenvalue weighted by Gasteiger charge is -2.43. The van der Waals surface area contributed by atoms with E-state index in [2.05, 4.69) is 26.0 Å². The molecule has 19 heavy (non-hydrogen) atoms. The smallest absolute Gasteiger partial charge is 0.0812 e. The van der Waals surface area contributed by atoms with Crippen LogP contribution in [-0.2, 0) is 0 Å². The Morgan fingerprint density at radius 1 is 0.895 bits per heavy atom. The van der Waals surface area contributed by atoms with Gasteiger partial charge in [-0.05, 0) is 20.3 Å². The maximum absolute atomic E-state index is 10.3. The van der Waals surface area contributed by atoms with Gasteiger partial charge < -0.3 is 10.2 Å². The lowest BCUT2D eigenvalue weighted by molar-refractivity contribution is 0.0316. The highest BCUT2D eigenvalue weighted by molar-refractivity contribution is 5.32. The van der Waals surface area contributed by atoms with Crippen molar-refractivity contribution < 1.29 is 10.2 Å². The van der Waals surface area contributed by atoms with Crippen LogP contribution < -0.4 is 0 Å². The van der Waals surface area contributed by atoms with Crippen LogP contribution in [0.4, 0.5) is 0 Å². The van der Waals surface area contributed by atoms with E-state index in [-0.39, 0.29) is 10.8 Å². The zero-order valence-corrected chi connectivity index (χ0v) is 12.2. The summed E-state index contributed by atoms with van der Waals surface area (Å²) in [5, 5.41) is 20.6. The van der Waals surface area contributed by atoms with E-state index in [1.54, 1.807) is 0 Å². The molecule has 4 unspecified atom stereocenters. The van der Waals surface area contributed by atoms with Crippen LogP contribution in [0.3, 0.4) is 0 Å². The molecule has 0 aromatic heterocycles. The minimum atomic E-state index is -0.500. The number of hydrogen-bond acceptors (Lipinski definition) is 2. The SMILES string of the molecule is CC1=CC(C)(CC2(C)C=C(C)C=CC2O)C(O)C=C1. The number of aliphatic hydroxyl groups excluding tert-OH is 2. The fourth-order valence-corrected chi connectivity index (χ4v) is 3.36. The summed E-state index contributed by atoms with van der Waals surface area (Å²) >= 11 is 0. The average molecular weight is 260 g/mol. The van der Waals surface area contributed by atoms with Gasteiger partial charge in [-0.1, -0.05) is 61.4 Å². The van der Waals surface area contributed by atoms with Gasteiger partial charge in [0.15, 0.2) is 0 Å². The normalized spacial score (nSPS) is 42.0. The van der Waals surface area contributed by atoms with Crippen LogP contribution >= 0.6 is 0 Å². The number of rotatable bonds is 2. The molecular formula is C17H24O2. The van der Waals surface area contributed by atoms with Crippen molar-refractivity contribution in [2.45, 2.75) is 46.3 Å². The number of allylic oxidation sites excluding steroid dienone is 4. The van der Waals surface area contributed by atoms with Crippen LogP contribution in [0.5, 0.6) is 0 Å². The molecule has 0 radical (unpaired) electrons. The van der Waals surface area contributed by atoms with Crippen molar-refractivity contribution in [3.05, 3.63) is 47.6 Å². The summed E-state index contributed by atoms with van der Waals surface area (Å²) < 4.78 is 0. The van der Waals surface area contributed by atoms with Gasteiger partial charge in [0.25, 0.3) is 0 Å². The van der Waals surface area contributed by atoms with Crippen molar-refractivity contribution >= 4 is 0 Å². The molecule has 2 aliphatic carbocycles. The minimum Gasteiger partial charge on any atom is -0.388 e. The van der Waals surface area contributed by atoms with Crippen molar-refractivity contribution in [2.75, 3.05) is 0 Å². The standard InChI is InChI=1S/C17H24O2/c1-12-5-7-14(18)16(3,9-12)11-17(4)10-13(2)6-8-15(17)19/h5-10,14-15,18-19H,11H2,1-4H3. The maximum Gasteiger partial charge on any atom is 0.0812 e. The Bertz CT molecular complexity index is 439. The molecule has 2 N–H and O–H groups in total. The second-order valence-corrected chi connectivity index (χ2v) is 6.57. The topological polar surface area (TPSA) is 40.5 Å². The van der Waals surface area contributed by atoms with E-state index < -0.39 is 12.2 Å². The van der Waals surface area contributed by atoms with Gasteiger partial charge in [-0.25, -0.2) is 0 Å². The third-order valence-corrected chi connectivity index (χ3v) is 4.31. The molecule has 0 bridgehead atoms. The molecule has 0 fully saturated rings. The maximum atomic E-state index is 10.3. The van der Waals surface area contributed by atoms with Gasteiger partial charge in [0.1, 0.15) is 0 Å². The van der Waals surface area contributed by atoms with Crippen LogP contribution in [0.25, 0.3) is 0 Å². The zero-order valence-electron chi connectivity index (χ0n) is 12.2. The third kappa shape index (κ3) is 2.75. The second-order valence-electron chi connectivity index (χ2n) is 6.57. The summed E-state index contributed by atoms with van der Waals surface area (Å²) in [5.74, 6) is 0. The van der Waals surface area contributed by atoms with Crippen LogP contribution in [0.15, 0.2) is 47.6 Å². The van der Waals surface area contributed by atoms with Crippen molar-refractivity contribution in [1.82, 2.24) is 0 Å². The molecule has 0 saturated heterocycles. The highest BCUT2D eigenvalue weighted by Crippen LogP contribution is 2.45. The highest BCUT2D eigenvalue weighted by atomic mass is 16.3. The van der Waals surface area contributed by atoms with Crippen molar-refractivity contribution in [3.63, 3.8) is 0 Å². The van der Waals surface area contributed by atoms with Gasteiger partial charge in [0.05, 0.1) is 12.2 Å². The molecule has 0 saturated carbocycles. The predicted molar refractivity (Wildman–Crippen MR) is 78.6 cm³/mol. The first-order valence-corrected chi connectivity index (χ1v) is 6.87. The first-order chi connectivity index (χ1) is 8.75. The molecule has 2 heteroatoms. The van der Waals surface area contributed by atoms with Gasteiger partial charge in [-0.3, -0.25) is 0 Å². The van der Waals surface area contributed by atoms with E-state index in [1.165, 1.54) is 0 Å². The lowest BCUT2D eigenvalue weighted by atomic mass is 9.64. The molecule has 0 amide bonds. The van der Waals surface area contributed by atoms with E-state index in [0.29, 0.717) is 6.42 Å². The lowest BCUT2D eigenvalue weighted by Crippen LogP contribution is -2.41. The van der Waals surface area contributed by atoms with Gasteiger partial charge in [0.2, 0.25) is 0 Å². The van der Waals surface area contributed by atoms with E-state index in [1.807, 2.05) is 38.2 Å². The quantitative estimate of drug-likeness (QED) is 0.800. The Hall–Kier alpha value is -1.12. The summed E-state index contributed by atoms with van der Waals surface area (Å²) in [5.41, 5.74) is 1.66. The average Bonchev–Trinajstić information content (AvgIpc) is 2.29. The highest BCUT2D eigenvalue weighted by Gasteiger charge is 2.41. The summed E-state index contributed by atoms with van der Waals surface area (Å²) in [6.07, 6.45) is 11.6. The first-order valence-electron chi connectivity index (χ1n) is 6.87. The summed E-state index contributed by atoms with van der Waals surface area (Å²) in [6.45, 7) is 8.21. The van der Waals surface area contributed by atoms with Crippen molar-refractivity contribution in [3.8, 4) is 0 Å². The van der Waals surface area contributed by atoms with E-state index in [0.717, 1.165) is 11.1 Å². The van der Waals surface area contributed by atoms with Gasteiger partial charge in [-0.15, -0.1) is 0 Å². The first kappa shape index (κ1) is 14.3. The Morgan fingerprint density at radius 2 is 1.26 bits per heavy atom. The summed E-state index contributed by atoms with van der Waals surface area (Å²) in [4.78, 5) is 0. The van der Waals surface area contributed by atoms with Crippen LogP contribution in [0.2, 0.25) is 0 Å². The monoisotopic (exact) mass is 260 g/mol.